The topological polar surface area (TPSA) is 67.0 Å². The number of para-hydroxylation sites is 1. The minimum absolute atomic E-state index is 0.111. The Morgan fingerprint density at radius 2 is 2.14 bits per heavy atom. The van der Waals surface area contributed by atoms with Gasteiger partial charge in [0, 0.05) is 6.54 Å². The molecule has 0 fully saturated rings. The molecule has 1 aromatic heterocycles. The fourth-order valence-electron chi connectivity index (χ4n) is 2.39. The quantitative estimate of drug-likeness (QED) is 0.760. The molecule has 0 aliphatic carbocycles. The zero-order valence-electron chi connectivity index (χ0n) is 12.3. The monoisotopic (exact) mass is 295 g/mol. The number of benzene rings is 2. The van der Waals surface area contributed by atoms with E-state index in [1.165, 1.54) is 0 Å². The maximum absolute atomic E-state index is 12.3. The highest BCUT2D eigenvalue weighted by atomic mass is 16.5. The summed E-state index contributed by atoms with van der Waals surface area (Å²) in [4.78, 5) is 19.5. The van der Waals surface area contributed by atoms with Crippen LogP contribution in [-0.2, 0) is 6.42 Å². The largest absolute Gasteiger partial charge is 0.497 e. The van der Waals surface area contributed by atoms with Gasteiger partial charge in [0.1, 0.15) is 11.3 Å². The number of methoxy groups -OCH3 is 1. The fraction of sp³-hybridized carbons (Fsp3) is 0.176. The molecule has 0 aliphatic heterocycles. The Balaban J connectivity index is 1.64. The number of carbonyl (C=O) groups excluding carboxylic acids is 1. The molecule has 3 aromatic rings. The van der Waals surface area contributed by atoms with Gasteiger partial charge in [0.05, 0.1) is 24.5 Å². The summed E-state index contributed by atoms with van der Waals surface area (Å²) in [7, 11) is 1.64. The molecule has 0 bridgehead atoms. The molecule has 3 rings (SSSR count). The first kappa shape index (κ1) is 14.1. The Kier molecular flexibility index (Phi) is 4.05. The molecule has 5 heteroatoms. The minimum Gasteiger partial charge on any atom is -0.497 e. The van der Waals surface area contributed by atoms with Crippen molar-refractivity contribution in [1.29, 1.82) is 0 Å². The SMILES string of the molecule is COc1cccc(CCNC(=O)c2cccc3[nH]cnc23)c1. The molecule has 5 nitrogen and oxygen atoms in total. The summed E-state index contributed by atoms with van der Waals surface area (Å²) < 4.78 is 5.19. The summed E-state index contributed by atoms with van der Waals surface area (Å²) in [6, 6.07) is 13.4. The normalized spacial score (nSPS) is 10.6. The van der Waals surface area contributed by atoms with Crippen LogP contribution in [0.4, 0.5) is 0 Å². The van der Waals surface area contributed by atoms with E-state index < -0.39 is 0 Å². The molecule has 2 N–H and O–H groups in total. The number of amides is 1. The van der Waals surface area contributed by atoms with Crippen LogP contribution in [-0.4, -0.2) is 29.5 Å². The van der Waals surface area contributed by atoms with Crippen LogP contribution < -0.4 is 10.1 Å². The van der Waals surface area contributed by atoms with Crippen molar-refractivity contribution in [1.82, 2.24) is 15.3 Å². The van der Waals surface area contributed by atoms with Gasteiger partial charge in [0.2, 0.25) is 0 Å². The maximum atomic E-state index is 12.3. The molecule has 112 valence electrons. The second-order valence-corrected chi connectivity index (χ2v) is 4.96. The van der Waals surface area contributed by atoms with Crippen LogP contribution >= 0.6 is 0 Å². The minimum atomic E-state index is -0.111. The smallest absolute Gasteiger partial charge is 0.253 e. The summed E-state index contributed by atoms with van der Waals surface area (Å²) in [5.74, 6) is 0.714. The lowest BCUT2D eigenvalue weighted by molar-refractivity contribution is 0.0955. The standard InChI is InChI=1S/C17H17N3O2/c1-22-13-5-2-4-12(10-13)8-9-18-17(21)14-6-3-7-15-16(14)20-11-19-15/h2-7,10-11H,8-9H2,1H3,(H,18,21)(H,19,20). The Morgan fingerprint density at radius 1 is 1.27 bits per heavy atom. The van der Waals surface area contributed by atoms with Crippen LogP contribution in [0.1, 0.15) is 15.9 Å². The molecule has 0 aliphatic rings. The number of aromatic amines is 1. The molecule has 0 radical (unpaired) electrons. The molecular weight excluding hydrogens is 278 g/mol. The van der Waals surface area contributed by atoms with Crippen molar-refractivity contribution in [2.24, 2.45) is 0 Å². The van der Waals surface area contributed by atoms with Gasteiger partial charge in [-0.1, -0.05) is 18.2 Å². The Labute approximate surface area is 128 Å². The number of nitrogens with one attached hydrogen (secondary N) is 2. The Bertz CT molecular complexity index is 795. The molecule has 0 atom stereocenters. The summed E-state index contributed by atoms with van der Waals surface area (Å²) in [6.07, 6.45) is 2.34. The molecule has 0 saturated heterocycles. The lowest BCUT2D eigenvalue weighted by Gasteiger charge is -2.07. The number of imidazole rings is 1. The predicted octanol–water partition coefficient (Wildman–Crippen LogP) is 2.54. The average molecular weight is 295 g/mol. The van der Waals surface area contributed by atoms with Gasteiger partial charge in [-0.3, -0.25) is 4.79 Å². The lowest BCUT2D eigenvalue weighted by atomic mass is 10.1. The van der Waals surface area contributed by atoms with E-state index in [2.05, 4.69) is 15.3 Å². The van der Waals surface area contributed by atoms with Crippen molar-refractivity contribution in [2.45, 2.75) is 6.42 Å². The van der Waals surface area contributed by atoms with Gasteiger partial charge in [-0.15, -0.1) is 0 Å². The number of rotatable bonds is 5. The fourth-order valence-corrected chi connectivity index (χ4v) is 2.39. The van der Waals surface area contributed by atoms with Crippen LogP contribution in [0, 0.1) is 0 Å². The van der Waals surface area contributed by atoms with Gasteiger partial charge in [-0.25, -0.2) is 4.98 Å². The number of carbonyl (C=O) groups is 1. The Hall–Kier alpha value is -2.82. The number of H-pyrrole nitrogens is 1. The van der Waals surface area contributed by atoms with E-state index in [1.54, 1.807) is 19.5 Å². The molecule has 0 saturated carbocycles. The third-order valence-corrected chi connectivity index (χ3v) is 3.53. The summed E-state index contributed by atoms with van der Waals surface area (Å²) in [5.41, 5.74) is 3.27. The second kappa shape index (κ2) is 6.30. The van der Waals surface area contributed by atoms with E-state index in [4.69, 9.17) is 4.74 Å². The van der Waals surface area contributed by atoms with Crippen molar-refractivity contribution in [2.75, 3.05) is 13.7 Å². The first-order chi connectivity index (χ1) is 10.8. The van der Waals surface area contributed by atoms with Gasteiger partial charge in [-0.2, -0.15) is 0 Å². The van der Waals surface area contributed by atoms with E-state index in [1.807, 2.05) is 36.4 Å². The van der Waals surface area contributed by atoms with Crippen LogP contribution in [0.15, 0.2) is 48.8 Å². The molecule has 0 spiro atoms. The first-order valence-electron chi connectivity index (χ1n) is 7.11. The van der Waals surface area contributed by atoms with Crippen LogP contribution in [0.25, 0.3) is 11.0 Å². The zero-order valence-corrected chi connectivity index (χ0v) is 12.3. The highest BCUT2D eigenvalue weighted by molar-refractivity contribution is 6.04. The van der Waals surface area contributed by atoms with Crippen molar-refractivity contribution in [3.8, 4) is 5.75 Å². The van der Waals surface area contributed by atoms with Crippen LogP contribution in [0.5, 0.6) is 5.75 Å². The number of fused-ring (bicyclic) bond motifs is 1. The van der Waals surface area contributed by atoms with Crippen LogP contribution in [0.3, 0.4) is 0 Å². The lowest BCUT2D eigenvalue weighted by Crippen LogP contribution is -2.25. The van der Waals surface area contributed by atoms with Gasteiger partial charge >= 0.3 is 0 Å². The van der Waals surface area contributed by atoms with E-state index >= 15 is 0 Å². The average Bonchev–Trinajstić information content (AvgIpc) is 3.03. The number of ether oxygens (including phenoxy) is 1. The third-order valence-electron chi connectivity index (χ3n) is 3.53. The zero-order chi connectivity index (χ0) is 15.4. The number of hydrogen-bond donors (Lipinski definition) is 2. The maximum Gasteiger partial charge on any atom is 0.253 e. The molecular formula is C17H17N3O2. The van der Waals surface area contributed by atoms with Gasteiger partial charge < -0.3 is 15.0 Å². The predicted molar refractivity (Wildman–Crippen MR) is 85.1 cm³/mol. The van der Waals surface area contributed by atoms with Gasteiger partial charge in [-0.05, 0) is 36.2 Å². The Morgan fingerprint density at radius 3 is 3.00 bits per heavy atom. The first-order valence-corrected chi connectivity index (χ1v) is 7.11. The number of aromatic nitrogens is 2. The molecule has 1 amide bonds. The molecule has 1 heterocycles. The van der Waals surface area contributed by atoms with E-state index in [0.29, 0.717) is 17.6 Å². The highest BCUT2D eigenvalue weighted by Gasteiger charge is 2.11. The van der Waals surface area contributed by atoms with E-state index in [9.17, 15) is 4.79 Å². The molecule has 0 unspecified atom stereocenters. The second-order valence-electron chi connectivity index (χ2n) is 4.96. The van der Waals surface area contributed by atoms with Crippen molar-refractivity contribution in [3.63, 3.8) is 0 Å². The van der Waals surface area contributed by atoms with Crippen LogP contribution in [0.2, 0.25) is 0 Å². The van der Waals surface area contributed by atoms with Gasteiger partial charge in [0.25, 0.3) is 5.91 Å². The summed E-state index contributed by atoms with van der Waals surface area (Å²) >= 11 is 0. The number of nitrogens with zero attached hydrogens (tertiary/aromatic N) is 1. The number of hydrogen-bond acceptors (Lipinski definition) is 3. The van der Waals surface area contributed by atoms with Crippen molar-refractivity contribution < 1.29 is 9.53 Å². The molecule has 22 heavy (non-hydrogen) atoms. The van der Waals surface area contributed by atoms with E-state index in [0.717, 1.165) is 23.3 Å². The van der Waals surface area contributed by atoms with Gasteiger partial charge in [0.15, 0.2) is 0 Å². The third kappa shape index (κ3) is 2.93. The highest BCUT2D eigenvalue weighted by Crippen LogP contribution is 2.15. The van der Waals surface area contributed by atoms with E-state index in [-0.39, 0.29) is 5.91 Å². The summed E-state index contributed by atoms with van der Waals surface area (Å²) in [6.45, 7) is 0.562. The molecule has 2 aromatic carbocycles. The van der Waals surface area contributed by atoms with Crippen molar-refractivity contribution in [3.05, 3.63) is 59.9 Å². The van der Waals surface area contributed by atoms with Crippen molar-refractivity contribution >= 4 is 16.9 Å². The summed E-state index contributed by atoms with van der Waals surface area (Å²) in [5, 5.41) is 2.93.